The van der Waals surface area contributed by atoms with E-state index in [0.29, 0.717) is 6.54 Å². The number of carbonyl (C=O) groups excluding carboxylic acids is 1. The van der Waals surface area contributed by atoms with E-state index in [1.54, 1.807) is 0 Å². The highest BCUT2D eigenvalue weighted by molar-refractivity contribution is 8.02. The molecule has 0 saturated carbocycles. The first kappa shape index (κ1) is 16.3. The Morgan fingerprint density at radius 1 is 1.39 bits per heavy atom. The highest BCUT2D eigenvalue weighted by Gasteiger charge is 2.26. The summed E-state index contributed by atoms with van der Waals surface area (Å²) in [4.78, 5) is 14.6. The van der Waals surface area contributed by atoms with Crippen LogP contribution in [-0.4, -0.2) is 39.3 Å². The standard InChI is InChI=1S/C16H20N4OS2/c1-3-17-15-18-19-16(23-15)22-11(2)14(21)20-9-8-12-6-4-5-7-13(12)10-20/h4-7,11H,3,8-10H2,1-2H3,(H,17,18)/t11-/m1/s1. The van der Waals surface area contributed by atoms with Crippen molar-refractivity contribution in [2.24, 2.45) is 0 Å². The van der Waals surface area contributed by atoms with Gasteiger partial charge in [-0.2, -0.15) is 0 Å². The summed E-state index contributed by atoms with van der Waals surface area (Å²) in [6.45, 7) is 6.29. The molecular weight excluding hydrogens is 328 g/mol. The van der Waals surface area contributed by atoms with E-state index < -0.39 is 0 Å². The molecule has 5 nitrogen and oxygen atoms in total. The van der Waals surface area contributed by atoms with E-state index >= 15 is 0 Å². The van der Waals surface area contributed by atoms with Gasteiger partial charge in [0.15, 0.2) is 4.34 Å². The third-order valence-corrected chi connectivity index (χ3v) is 5.85. The van der Waals surface area contributed by atoms with Gasteiger partial charge in [0.2, 0.25) is 11.0 Å². The number of carbonyl (C=O) groups is 1. The summed E-state index contributed by atoms with van der Waals surface area (Å²) in [6.07, 6.45) is 0.933. The van der Waals surface area contributed by atoms with E-state index in [0.717, 1.165) is 29.0 Å². The minimum absolute atomic E-state index is 0.150. The van der Waals surface area contributed by atoms with Crippen molar-refractivity contribution in [1.82, 2.24) is 15.1 Å². The van der Waals surface area contributed by atoms with Gasteiger partial charge in [0.1, 0.15) is 0 Å². The highest BCUT2D eigenvalue weighted by Crippen LogP contribution is 2.30. The summed E-state index contributed by atoms with van der Waals surface area (Å²) in [7, 11) is 0. The van der Waals surface area contributed by atoms with Gasteiger partial charge >= 0.3 is 0 Å². The molecule has 0 radical (unpaired) electrons. The number of benzene rings is 1. The molecule has 0 fully saturated rings. The third kappa shape index (κ3) is 3.84. The fraction of sp³-hybridized carbons (Fsp3) is 0.438. The van der Waals surface area contributed by atoms with Crippen LogP contribution in [0.4, 0.5) is 5.13 Å². The maximum absolute atomic E-state index is 12.7. The number of amides is 1. The molecule has 0 unspecified atom stereocenters. The normalized spacial score (nSPS) is 15.1. The van der Waals surface area contributed by atoms with E-state index in [2.05, 4.69) is 33.7 Å². The van der Waals surface area contributed by atoms with Gasteiger partial charge in [-0.3, -0.25) is 4.79 Å². The second-order valence-electron chi connectivity index (χ2n) is 5.44. The Hall–Kier alpha value is -1.60. The molecule has 1 N–H and O–H groups in total. The number of anilines is 1. The Labute approximate surface area is 144 Å². The average molecular weight is 348 g/mol. The van der Waals surface area contributed by atoms with Gasteiger partial charge in [-0.05, 0) is 31.4 Å². The maximum atomic E-state index is 12.7. The van der Waals surface area contributed by atoms with Gasteiger partial charge in [-0.1, -0.05) is 47.4 Å². The van der Waals surface area contributed by atoms with Crippen LogP contribution in [0.15, 0.2) is 28.6 Å². The van der Waals surface area contributed by atoms with Crippen LogP contribution in [0.5, 0.6) is 0 Å². The van der Waals surface area contributed by atoms with Gasteiger partial charge in [0.25, 0.3) is 0 Å². The molecule has 0 spiro atoms. The minimum atomic E-state index is -0.150. The molecule has 2 aromatic rings. The summed E-state index contributed by atoms with van der Waals surface area (Å²) in [6, 6.07) is 8.36. The van der Waals surface area contributed by atoms with Crippen molar-refractivity contribution in [3.05, 3.63) is 35.4 Å². The number of nitrogens with zero attached hydrogens (tertiary/aromatic N) is 3. The molecule has 122 valence electrons. The first-order chi connectivity index (χ1) is 11.2. The number of nitrogens with one attached hydrogen (secondary N) is 1. The summed E-state index contributed by atoms with van der Waals surface area (Å²) >= 11 is 2.98. The Morgan fingerprint density at radius 2 is 2.17 bits per heavy atom. The van der Waals surface area contributed by atoms with Crippen LogP contribution in [0.1, 0.15) is 25.0 Å². The van der Waals surface area contributed by atoms with Crippen LogP contribution in [0.2, 0.25) is 0 Å². The van der Waals surface area contributed by atoms with Crippen molar-refractivity contribution in [1.29, 1.82) is 0 Å². The Balaban J connectivity index is 1.61. The van der Waals surface area contributed by atoms with E-state index in [1.807, 2.05) is 24.8 Å². The SMILES string of the molecule is CCNc1nnc(S[C@H](C)C(=O)N2CCc3ccccc3C2)s1. The Kier molecular flexibility index (Phi) is 5.17. The zero-order valence-corrected chi connectivity index (χ0v) is 14.9. The number of fused-ring (bicyclic) bond motifs is 1. The smallest absolute Gasteiger partial charge is 0.236 e. The zero-order valence-electron chi connectivity index (χ0n) is 13.3. The average Bonchev–Trinajstić information content (AvgIpc) is 3.01. The fourth-order valence-corrected chi connectivity index (χ4v) is 4.67. The van der Waals surface area contributed by atoms with Crippen molar-refractivity contribution in [2.45, 2.75) is 36.4 Å². The molecule has 1 aliphatic heterocycles. The van der Waals surface area contributed by atoms with Crippen molar-refractivity contribution >= 4 is 34.1 Å². The predicted molar refractivity (Wildman–Crippen MR) is 95.0 cm³/mol. The predicted octanol–water partition coefficient (Wildman–Crippen LogP) is 3.04. The fourth-order valence-electron chi connectivity index (χ4n) is 2.62. The molecule has 1 aromatic carbocycles. The summed E-state index contributed by atoms with van der Waals surface area (Å²) in [5.74, 6) is 0.171. The molecule has 3 rings (SSSR count). The van der Waals surface area contributed by atoms with Gasteiger partial charge in [-0.25, -0.2) is 0 Å². The van der Waals surface area contributed by atoms with Crippen LogP contribution < -0.4 is 5.32 Å². The molecule has 2 heterocycles. The minimum Gasteiger partial charge on any atom is -0.360 e. The Morgan fingerprint density at radius 3 is 2.96 bits per heavy atom. The van der Waals surface area contributed by atoms with Crippen molar-refractivity contribution in [3.8, 4) is 0 Å². The summed E-state index contributed by atoms with van der Waals surface area (Å²) < 4.78 is 0.833. The topological polar surface area (TPSA) is 58.1 Å². The molecule has 0 saturated heterocycles. The molecule has 23 heavy (non-hydrogen) atoms. The second-order valence-corrected chi connectivity index (χ2v) is 8.01. The lowest BCUT2D eigenvalue weighted by Gasteiger charge is -2.30. The number of rotatable bonds is 5. The van der Waals surface area contributed by atoms with E-state index in [-0.39, 0.29) is 11.2 Å². The molecule has 0 bridgehead atoms. The van der Waals surface area contributed by atoms with Crippen LogP contribution in [0.3, 0.4) is 0 Å². The molecule has 1 aliphatic rings. The van der Waals surface area contributed by atoms with Crippen molar-refractivity contribution in [3.63, 3.8) is 0 Å². The quantitative estimate of drug-likeness (QED) is 0.842. The third-order valence-electron chi connectivity index (χ3n) is 3.80. The lowest BCUT2D eigenvalue weighted by molar-refractivity contribution is -0.131. The van der Waals surface area contributed by atoms with Crippen LogP contribution in [-0.2, 0) is 17.8 Å². The Bertz CT molecular complexity index is 688. The molecule has 1 aromatic heterocycles. The lowest BCUT2D eigenvalue weighted by atomic mass is 10.00. The molecule has 1 atom stereocenters. The molecule has 7 heteroatoms. The second kappa shape index (κ2) is 7.31. The van der Waals surface area contributed by atoms with Crippen LogP contribution in [0.25, 0.3) is 0 Å². The first-order valence-corrected chi connectivity index (χ1v) is 9.46. The number of hydrogen-bond acceptors (Lipinski definition) is 6. The lowest BCUT2D eigenvalue weighted by Crippen LogP contribution is -2.40. The van der Waals surface area contributed by atoms with E-state index in [9.17, 15) is 4.79 Å². The maximum Gasteiger partial charge on any atom is 0.236 e. The number of thioether (sulfide) groups is 1. The van der Waals surface area contributed by atoms with Crippen LogP contribution in [0, 0.1) is 0 Å². The summed E-state index contributed by atoms with van der Waals surface area (Å²) in [5.41, 5.74) is 2.62. The van der Waals surface area contributed by atoms with Crippen molar-refractivity contribution < 1.29 is 4.79 Å². The molecule has 0 aliphatic carbocycles. The van der Waals surface area contributed by atoms with E-state index in [4.69, 9.17) is 0 Å². The zero-order chi connectivity index (χ0) is 16.2. The largest absolute Gasteiger partial charge is 0.360 e. The van der Waals surface area contributed by atoms with E-state index in [1.165, 1.54) is 34.2 Å². The number of hydrogen-bond donors (Lipinski definition) is 1. The monoisotopic (exact) mass is 348 g/mol. The van der Waals surface area contributed by atoms with Gasteiger partial charge < -0.3 is 10.2 Å². The summed E-state index contributed by atoms with van der Waals surface area (Å²) in [5, 5.41) is 12.0. The van der Waals surface area contributed by atoms with Crippen molar-refractivity contribution in [2.75, 3.05) is 18.4 Å². The number of aromatic nitrogens is 2. The molecular formula is C16H20N4OS2. The van der Waals surface area contributed by atoms with Gasteiger partial charge in [0.05, 0.1) is 5.25 Å². The highest BCUT2D eigenvalue weighted by atomic mass is 32.2. The van der Waals surface area contributed by atoms with Crippen LogP contribution >= 0.6 is 23.1 Å². The van der Waals surface area contributed by atoms with Gasteiger partial charge in [-0.15, -0.1) is 10.2 Å². The van der Waals surface area contributed by atoms with Gasteiger partial charge in [0, 0.05) is 19.6 Å². The first-order valence-electron chi connectivity index (χ1n) is 7.77. The molecule has 1 amide bonds.